The molecule has 0 saturated carbocycles. The first-order chi connectivity index (χ1) is 9.76. The third-order valence-electron chi connectivity index (χ3n) is 2.91. The lowest BCUT2D eigenvalue weighted by Gasteiger charge is -2.21. The van der Waals surface area contributed by atoms with Gasteiger partial charge >= 0.3 is 12.0 Å². The second-order valence-corrected chi connectivity index (χ2v) is 5.59. The number of nitrogens with one attached hydrogen (secondary N) is 2. The topological polar surface area (TPSA) is 98.7 Å². The van der Waals surface area contributed by atoms with Gasteiger partial charge in [0.1, 0.15) is 6.54 Å². The van der Waals surface area contributed by atoms with Crippen molar-refractivity contribution in [2.75, 3.05) is 26.7 Å². The number of carboxylic acid groups (broad SMARTS) is 1. The van der Waals surface area contributed by atoms with Crippen LogP contribution in [0.25, 0.3) is 0 Å². The maximum absolute atomic E-state index is 11.8. The van der Waals surface area contributed by atoms with Gasteiger partial charge in [-0.05, 0) is 25.2 Å². The Morgan fingerprint density at radius 2 is 1.81 bits per heavy atom. The Hall–Kier alpha value is -1.79. The van der Waals surface area contributed by atoms with Crippen molar-refractivity contribution in [3.05, 3.63) is 0 Å². The SMILES string of the molecule is CCNC(=O)CN(C)C(=O)NCC(CC(=O)O)CC(C)C. The highest BCUT2D eigenvalue weighted by Crippen LogP contribution is 2.14. The van der Waals surface area contributed by atoms with Crippen molar-refractivity contribution < 1.29 is 19.5 Å². The molecule has 3 N–H and O–H groups in total. The summed E-state index contributed by atoms with van der Waals surface area (Å²) in [5.41, 5.74) is 0. The first-order valence-electron chi connectivity index (χ1n) is 7.23. The molecular weight excluding hydrogens is 274 g/mol. The molecular formula is C14H27N3O4. The summed E-state index contributed by atoms with van der Waals surface area (Å²) in [5, 5.41) is 14.2. The van der Waals surface area contributed by atoms with E-state index in [1.165, 1.54) is 11.9 Å². The molecule has 7 nitrogen and oxygen atoms in total. The van der Waals surface area contributed by atoms with Crippen LogP contribution in [0.1, 0.15) is 33.6 Å². The molecule has 0 aliphatic heterocycles. The summed E-state index contributed by atoms with van der Waals surface area (Å²) >= 11 is 0. The fourth-order valence-corrected chi connectivity index (χ4v) is 2.06. The molecule has 0 aromatic rings. The van der Waals surface area contributed by atoms with E-state index in [1.807, 2.05) is 13.8 Å². The van der Waals surface area contributed by atoms with Gasteiger partial charge in [-0.2, -0.15) is 0 Å². The third-order valence-corrected chi connectivity index (χ3v) is 2.91. The molecule has 0 aromatic carbocycles. The number of urea groups is 1. The molecule has 122 valence electrons. The van der Waals surface area contributed by atoms with E-state index in [2.05, 4.69) is 10.6 Å². The molecule has 0 bridgehead atoms. The summed E-state index contributed by atoms with van der Waals surface area (Å²) in [6.45, 7) is 6.62. The largest absolute Gasteiger partial charge is 0.481 e. The third kappa shape index (κ3) is 9.70. The van der Waals surface area contributed by atoms with E-state index in [9.17, 15) is 14.4 Å². The summed E-state index contributed by atoms with van der Waals surface area (Å²) in [6, 6.07) is -0.375. The van der Waals surface area contributed by atoms with Gasteiger partial charge in [0.2, 0.25) is 5.91 Å². The van der Waals surface area contributed by atoms with E-state index in [0.29, 0.717) is 19.0 Å². The highest BCUT2D eigenvalue weighted by molar-refractivity contribution is 5.83. The minimum atomic E-state index is -0.870. The second-order valence-electron chi connectivity index (χ2n) is 5.59. The maximum Gasteiger partial charge on any atom is 0.317 e. The summed E-state index contributed by atoms with van der Waals surface area (Å²) < 4.78 is 0. The van der Waals surface area contributed by atoms with Gasteiger partial charge in [0.15, 0.2) is 0 Å². The molecule has 1 atom stereocenters. The van der Waals surface area contributed by atoms with Crippen molar-refractivity contribution in [1.82, 2.24) is 15.5 Å². The quantitative estimate of drug-likeness (QED) is 0.589. The highest BCUT2D eigenvalue weighted by atomic mass is 16.4. The molecule has 21 heavy (non-hydrogen) atoms. The smallest absolute Gasteiger partial charge is 0.317 e. The zero-order chi connectivity index (χ0) is 16.4. The van der Waals surface area contributed by atoms with E-state index in [1.54, 1.807) is 6.92 Å². The molecule has 0 heterocycles. The molecule has 0 radical (unpaired) electrons. The Morgan fingerprint density at radius 3 is 2.29 bits per heavy atom. The highest BCUT2D eigenvalue weighted by Gasteiger charge is 2.18. The van der Waals surface area contributed by atoms with Crippen LogP contribution in [0.5, 0.6) is 0 Å². The average molecular weight is 301 g/mol. The van der Waals surface area contributed by atoms with Crippen LogP contribution in [-0.2, 0) is 9.59 Å². The van der Waals surface area contributed by atoms with Crippen LogP contribution in [0.3, 0.4) is 0 Å². The number of amides is 3. The van der Waals surface area contributed by atoms with Crippen LogP contribution in [0.4, 0.5) is 4.79 Å². The number of likely N-dealkylation sites (N-methyl/N-ethyl adjacent to an activating group) is 2. The summed E-state index contributed by atoms with van der Waals surface area (Å²) in [6.07, 6.45) is 0.755. The minimum absolute atomic E-state index is 0.0204. The Morgan fingerprint density at radius 1 is 1.19 bits per heavy atom. The predicted octanol–water partition coefficient (Wildman–Crippen LogP) is 0.901. The van der Waals surface area contributed by atoms with E-state index >= 15 is 0 Å². The number of aliphatic carboxylic acids is 1. The lowest BCUT2D eigenvalue weighted by atomic mass is 9.94. The van der Waals surface area contributed by atoms with Crippen LogP contribution in [0.2, 0.25) is 0 Å². The fraction of sp³-hybridized carbons (Fsp3) is 0.786. The molecule has 0 aromatic heterocycles. The van der Waals surface area contributed by atoms with Crippen molar-refractivity contribution in [2.45, 2.75) is 33.6 Å². The van der Waals surface area contributed by atoms with E-state index < -0.39 is 5.97 Å². The molecule has 0 aliphatic rings. The van der Waals surface area contributed by atoms with E-state index in [0.717, 1.165) is 6.42 Å². The van der Waals surface area contributed by atoms with Gasteiger partial charge in [0.25, 0.3) is 0 Å². The molecule has 0 saturated heterocycles. The predicted molar refractivity (Wildman–Crippen MR) is 79.9 cm³/mol. The van der Waals surface area contributed by atoms with Crippen molar-refractivity contribution in [1.29, 1.82) is 0 Å². The number of rotatable bonds is 9. The number of carbonyl (C=O) groups is 3. The van der Waals surface area contributed by atoms with Crippen molar-refractivity contribution in [2.24, 2.45) is 11.8 Å². The molecule has 0 spiro atoms. The molecule has 0 aliphatic carbocycles. The fourth-order valence-electron chi connectivity index (χ4n) is 2.06. The lowest BCUT2D eigenvalue weighted by molar-refractivity contribution is -0.138. The number of nitrogens with zero attached hydrogens (tertiary/aromatic N) is 1. The Bertz CT molecular complexity index is 358. The molecule has 3 amide bonds. The monoisotopic (exact) mass is 301 g/mol. The van der Waals surface area contributed by atoms with Gasteiger partial charge in [0, 0.05) is 26.6 Å². The zero-order valence-electron chi connectivity index (χ0n) is 13.3. The molecule has 1 unspecified atom stereocenters. The Kier molecular flexibility index (Phi) is 9.16. The maximum atomic E-state index is 11.8. The standard InChI is InChI=1S/C14H27N3O4/c1-5-15-12(18)9-17(4)14(21)16-8-11(6-10(2)3)7-13(19)20/h10-11H,5-9H2,1-4H3,(H,15,18)(H,16,21)(H,19,20). The number of hydrogen-bond donors (Lipinski definition) is 3. The normalized spacial score (nSPS) is 11.9. The van der Waals surface area contributed by atoms with Crippen LogP contribution in [0.15, 0.2) is 0 Å². The molecule has 0 fully saturated rings. The summed E-state index contributed by atoms with van der Waals surface area (Å²) in [5.74, 6) is -0.839. The van der Waals surface area contributed by atoms with Gasteiger partial charge in [-0.25, -0.2) is 4.79 Å². The minimum Gasteiger partial charge on any atom is -0.481 e. The van der Waals surface area contributed by atoms with Crippen molar-refractivity contribution in [3.8, 4) is 0 Å². The van der Waals surface area contributed by atoms with E-state index in [4.69, 9.17) is 5.11 Å². The van der Waals surface area contributed by atoms with Gasteiger partial charge < -0.3 is 20.6 Å². The number of carbonyl (C=O) groups excluding carboxylic acids is 2. The van der Waals surface area contributed by atoms with Crippen LogP contribution < -0.4 is 10.6 Å². The van der Waals surface area contributed by atoms with Crippen molar-refractivity contribution >= 4 is 17.9 Å². The van der Waals surface area contributed by atoms with Gasteiger partial charge in [-0.15, -0.1) is 0 Å². The number of hydrogen-bond acceptors (Lipinski definition) is 3. The summed E-state index contributed by atoms with van der Waals surface area (Å²) in [4.78, 5) is 35.3. The van der Waals surface area contributed by atoms with Gasteiger partial charge in [-0.3, -0.25) is 9.59 Å². The van der Waals surface area contributed by atoms with Crippen LogP contribution >= 0.6 is 0 Å². The van der Waals surface area contributed by atoms with Crippen LogP contribution in [-0.4, -0.2) is 54.6 Å². The molecule has 7 heteroatoms. The summed E-state index contributed by atoms with van der Waals surface area (Å²) in [7, 11) is 1.53. The number of carboxylic acids is 1. The van der Waals surface area contributed by atoms with Crippen LogP contribution in [0, 0.1) is 11.8 Å². The van der Waals surface area contributed by atoms with E-state index in [-0.39, 0.29) is 30.8 Å². The Labute approximate surface area is 126 Å². The first-order valence-corrected chi connectivity index (χ1v) is 7.23. The molecule has 0 rings (SSSR count). The Balaban J connectivity index is 4.27. The first kappa shape index (κ1) is 19.2. The van der Waals surface area contributed by atoms with Crippen molar-refractivity contribution in [3.63, 3.8) is 0 Å². The lowest BCUT2D eigenvalue weighted by Crippen LogP contribution is -2.44. The van der Waals surface area contributed by atoms with Gasteiger partial charge in [-0.1, -0.05) is 13.8 Å². The second kappa shape index (κ2) is 10.0. The zero-order valence-corrected chi connectivity index (χ0v) is 13.3. The van der Waals surface area contributed by atoms with Gasteiger partial charge in [0.05, 0.1) is 0 Å². The average Bonchev–Trinajstić information content (AvgIpc) is 2.34.